The van der Waals surface area contributed by atoms with Gasteiger partial charge in [0.1, 0.15) is 18.5 Å². The summed E-state index contributed by atoms with van der Waals surface area (Å²) in [6, 6.07) is 8.73. The predicted molar refractivity (Wildman–Crippen MR) is 124 cm³/mol. The van der Waals surface area contributed by atoms with Gasteiger partial charge in [0, 0.05) is 34.2 Å². The van der Waals surface area contributed by atoms with Crippen LogP contribution in [0, 0.1) is 0 Å². The first-order valence-electron chi connectivity index (χ1n) is 11.1. The molecule has 13 nitrogen and oxygen atoms in total. The number of rotatable bonds is 10. The minimum Gasteiger partial charge on any atom is -0.463 e. The van der Waals surface area contributed by atoms with Gasteiger partial charge < -0.3 is 29.0 Å². The normalized spacial score (nSPS) is 23.3. The van der Waals surface area contributed by atoms with Gasteiger partial charge in [-0.15, -0.1) is 0 Å². The molecule has 0 unspecified atom stereocenters. The molecule has 37 heavy (non-hydrogen) atoms. The lowest BCUT2D eigenvalue weighted by molar-refractivity contribution is -0.238. The lowest BCUT2D eigenvalue weighted by Crippen LogP contribution is -2.64. The van der Waals surface area contributed by atoms with Crippen molar-refractivity contribution >= 4 is 39.6 Å². The number of carbonyl (C=O) groups excluding carboxylic acids is 5. The molecule has 0 aromatic heterocycles. The summed E-state index contributed by atoms with van der Waals surface area (Å²) in [6.07, 6.45) is -6.43. The molecule has 1 aliphatic rings. The van der Waals surface area contributed by atoms with Crippen LogP contribution in [0.5, 0.6) is 0 Å². The first-order valence-corrected chi connectivity index (χ1v) is 12.8. The van der Waals surface area contributed by atoms with E-state index in [1.165, 1.54) is 0 Å². The molecule has 1 aromatic rings. The number of amides is 1. The van der Waals surface area contributed by atoms with E-state index in [1.807, 2.05) is 0 Å². The summed E-state index contributed by atoms with van der Waals surface area (Å²) in [5, 5.41) is 2.47. The minimum atomic E-state index is -4.56. The maximum atomic E-state index is 13.3. The van der Waals surface area contributed by atoms with Crippen LogP contribution < -0.4 is 5.32 Å². The number of nitrogens with one attached hydrogen (secondary N) is 1. The van der Waals surface area contributed by atoms with Crippen LogP contribution in [0.3, 0.4) is 0 Å². The van der Waals surface area contributed by atoms with Crippen molar-refractivity contribution in [3.8, 4) is 0 Å². The molecule has 0 radical (unpaired) electrons. The van der Waals surface area contributed by atoms with Crippen LogP contribution in [0.15, 0.2) is 30.3 Å². The SMILES string of the molecule is CC(=O)OC[C@H]1O[C@@H](S(=O)(=O)CC(=O)NCc2ccccc2)[C@H](OC(C)=O)[C@@H](OC(C)=O)[C@@H]1OC(C)=O. The highest BCUT2D eigenvalue weighted by molar-refractivity contribution is 7.92. The lowest BCUT2D eigenvalue weighted by atomic mass is 9.99. The number of sulfone groups is 1. The molecular weight excluding hydrogens is 514 g/mol. The highest BCUT2D eigenvalue weighted by Crippen LogP contribution is 2.32. The molecule has 0 saturated carbocycles. The Morgan fingerprint density at radius 2 is 1.35 bits per heavy atom. The fraction of sp³-hybridized carbons (Fsp3) is 0.522. The molecule has 0 aliphatic carbocycles. The highest BCUT2D eigenvalue weighted by atomic mass is 32.2. The zero-order valence-electron chi connectivity index (χ0n) is 20.7. The van der Waals surface area contributed by atoms with Gasteiger partial charge in [0.2, 0.25) is 5.91 Å². The molecule has 0 bridgehead atoms. The number of ether oxygens (including phenoxy) is 5. The van der Waals surface area contributed by atoms with Gasteiger partial charge in [-0.3, -0.25) is 24.0 Å². The van der Waals surface area contributed by atoms with Gasteiger partial charge in [-0.2, -0.15) is 0 Å². The molecule has 0 spiro atoms. The molecule has 1 fully saturated rings. The van der Waals surface area contributed by atoms with E-state index >= 15 is 0 Å². The molecule has 1 amide bonds. The first kappa shape index (κ1) is 29.7. The summed E-state index contributed by atoms with van der Waals surface area (Å²) < 4.78 is 52.7. The van der Waals surface area contributed by atoms with Crippen molar-refractivity contribution in [2.24, 2.45) is 0 Å². The van der Waals surface area contributed by atoms with E-state index < -0.39 is 81.8 Å². The summed E-state index contributed by atoms with van der Waals surface area (Å²) in [7, 11) is -4.56. The van der Waals surface area contributed by atoms with Crippen LogP contribution in [0.1, 0.15) is 33.3 Å². The average molecular weight is 544 g/mol. The van der Waals surface area contributed by atoms with E-state index in [-0.39, 0.29) is 6.54 Å². The van der Waals surface area contributed by atoms with E-state index in [9.17, 15) is 32.4 Å². The second-order valence-corrected chi connectivity index (χ2v) is 10.2. The van der Waals surface area contributed by atoms with Crippen LogP contribution >= 0.6 is 0 Å². The van der Waals surface area contributed by atoms with Crippen LogP contribution in [-0.2, 0) is 64.0 Å². The zero-order chi connectivity index (χ0) is 27.8. The second kappa shape index (κ2) is 13.1. The summed E-state index contributed by atoms with van der Waals surface area (Å²) in [6.45, 7) is 3.56. The lowest BCUT2D eigenvalue weighted by Gasteiger charge is -2.43. The Morgan fingerprint density at radius 1 is 0.811 bits per heavy atom. The van der Waals surface area contributed by atoms with E-state index in [2.05, 4.69) is 5.32 Å². The van der Waals surface area contributed by atoms with Crippen molar-refractivity contribution in [1.82, 2.24) is 5.32 Å². The Hall–Kier alpha value is -3.52. The highest BCUT2D eigenvalue weighted by Gasteiger charge is 2.56. The molecule has 1 aromatic carbocycles. The van der Waals surface area contributed by atoms with Gasteiger partial charge in [0.15, 0.2) is 33.6 Å². The fourth-order valence-corrected chi connectivity index (χ4v) is 5.15. The van der Waals surface area contributed by atoms with Gasteiger partial charge >= 0.3 is 23.9 Å². The summed E-state index contributed by atoms with van der Waals surface area (Å²) in [5.74, 6) is -5.44. The number of hydrogen-bond donors (Lipinski definition) is 1. The van der Waals surface area contributed by atoms with Gasteiger partial charge in [-0.05, 0) is 5.56 Å². The fourth-order valence-electron chi connectivity index (χ4n) is 3.59. The largest absolute Gasteiger partial charge is 0.463 e. The van der Waals surface area contributed by atoms with Gasteiger partial charge in [-0.25, -0.2) is 8.42 Å². The van der Waals surface area contributed by atoms with Crippen molar-refractivity contribution in [3.63, 3.8) is 0 Å². The van der Waals surface area contributed by atoms with Crippen LogP contribution in [0.2, 0.25) is 0 Å². The van der Waals surface area contributed by atoms with E-state index in [0.717, 1.165) is 33.3 Å². The summed E-state index contributed by atoms with van der Waals surface area (Å²) in [5.41, 5.74) is -1.31. The van der Waals surface area contributed by atoms with Crippen molar-refractivity contribution in [1.29, 1.82) is 0 Å². The average Bonchev–Trinajstić information content (AvgIpc) is 2.78. The van der Waals surface area contributed by atoms with Crippen molar-refractivity contribution in [2.45, 2.75) is 64.1 Å². The molecule has 1 N–H and O–H groups in total. The third-order valence-corrected chi connectivity index (χ3v) is 6.72. The second-order valence-electron chi connectivity index (χ2n) is 8.14. The smallest absolute Gasteiger partial charge is 0.303 e. The minimum absolute atomic E-state index is 0.0494. The van der Waals surface area contributed by atoms with E-state index in [4.69, 9.17) is 23.7 Å². The summed E-state index contributed by atoms with van der Waals surface area (Å²) in [4.78, 5) is 59.4. The van der Waals surface area contributed by atoms with Crippen LogP contribution in [-0.4, -0.2) is 80.4 Å². The molecule has 1 saturated heterocycles. The van der Waals surface area contributed by atoms with Crippen molar-refractivity contribution in [2.75, 3.05) is 12.4 Å². The van der Waals surface area contributed by atoms with Crippen molar-refractivity contribution < 1.29 is 56.1 Å². The number of hydrogen-bond acceptors (Lipinski definition) is 12. The predicted octanol–water partition coefficient (Wildman–Crippen LogP) is -0.199. The Labute approximate surface area is 213 Å². The molecule has 5 atom stereocenters. The van der Waals surface area contributed by atoms with E-state index in [0.29, 0.717) is 0 Å². The molecule has 1 aliphatic heterocycles. The zero-order valence-corrected chi connectivity index (χ0v) is 21.5. The standard InChI is InChI=1S/C23H29NO12S/c1-13(25)32-11-18-20(33-14(2)26)21(34-15(3)27)22(35-16(4)28)23(36-18)37(30,31)12-19(29)24-10-17-8-6-5-7-9-17/h5-9,18,20-23H,10-12H2,1-4H3,(H,24,29)/t18-,20-,21+,22-,23+/m1/s1. The quantitative estimate of drug-likeness (QED) is 0.304. The van der Waals surface area contributed by atoms with Crippen molar-refractivity contribution in [3.05, 3.63) is 35.9 Å². The molecule has 2 rings (SSSR count). The summed E-state index contributed by atoms with van der Waals surface area (Å²) >= 11 is 0. The van der Waals surface area contributed by atoms with Gasteiger partial charge in [-0.1, -0.05) is 30.3 Å². The third-order valence-electron chi connectivity index (χ3n) is 4.97. The van der Waals surface area contributed by atoms with Gasteiger partial charge in [0.25, 0.3) is 0 Å². The van der Waals surface area contributed by atoms with Crippen LogP contribution in [0.4, 0.5) is 0 Å². The monoisotopic (exact) mass is 543 g/mol. The molecule has 1 heterocycles. The Balaban J connectivity index is 2.39. The Bertz CT molecular complexity index is 1100. The maximum absolute atomic E-state index is 13.3. The number of esters is 4. The first-order chi connectivity index (χ1) is 17.3. The third kappa shape index (κ3) is 9.13. The Kier molecular flexibility index (Phi) is 10.6. The number of carbonyl (C=O) groups is 5. The maximum Gasteiger partial charge on any atom is 0.303 e. The molecule has 204 valence electrons. The van der Waals surface area contributed by atoms with Crippen LogP contribution in [0.25, 0.3) is 0 Å². The topological polar surface area (TPSA) is 178 Å². The number of benzene rings is 1. The Morgan fingerprint density at radius 3 is 1.89 bits per heavy atom. The molecular formula is C23H29NO12S. The molecule has 14 heteroatoms. The van der Waals surface area contributed by atoms with E-state index in [1.54, 1.807) is 30.3 Å². The van der Waals surface area contributed by atoms with Gasteiger partial charge in [0.05, 0.1) is 0 Å².